The van der Waals surface area contributed by atoms with Gasteiger partial charge in [0.05, 0.1) is 11.4 Å². The van der Waals surface area contributed by atoms with Gasteiger partial charge in [0.25, 0.3) is 0 Å². The van der Waals surface area contributed by atoms with Crippen LogP contribution < -0.4 is 0 Å². The van der Waals surface area contributed by atoms with Crippen molar-refractivity contribution in [3.63, 3.8) is 0 Å². The Morgan fingerprint density at radius 1 is 1.47 bits per heavy atom. The number of hydrogen-bond acceptors (Lipinski definition) is 3. The van der Waals surface area contributed by atoms with Gasteiger partial charge in [-0.15, -0.1) is 0 Å². The predicted molar refractivity (Wildman–Crippen MR) is 65.0 cm³/mol. The van der Waals surface area contributed by atoms with Gasteiger partial charge in [0, 0.05) is 12.6 Å². The molecule has 2 heterocycles. The summed E-state index contributed by atoms with van der Waals surface area (Å²) in [6.45, 7) is 1.84. The minimum atomic E-state index is 0.0472. The number of fused-ring (bicyclic) bond motifs is 1. The number of carbonyl (C=O) groups is 1. The quantitative estimate of drug-likeness (QED) is 0.728. The molecule has 0 saturated carbocycles. The van der Waals surface area contributed by atoms with Gasteiger partial charge in [-0.25, -0.2) is 9.97 Å². The summed E-state index contributed by atoms with van der Waals surface area (Å²) >= 11 is 5.99. The Balaban J connectivity index is 2.14. The van der Waals surface area contributed by atoms with E-state index in [9.17, 15) is 4.79 Å². The molecule has 0 amide bonds. The average Bonchev–Trinajstić information content (AvgIpc) is 2.85. The van der Waals surface area contributed by atoms with Crippen LogP contribution in [-0.2, 0) is 4.79 Å². The highest BCUT2D eigenvalue weighted by Crippen LogP contribution is 2.30. The van der Waals surface area contributed by atoms with Crippen LogP contribution in [0.5, 0.6) is 0 Å². The highest BCUT2D eigenvalue weighted by molar-refractivity contribution is 6.33. The van der Waals surface area contributed by atoms with Crippen LogP contribution in [0.4, 0.5) is 0 Å². The summed E-state index contributed by atoms with van der Waals surface area (Å²) in [6, 6.07) is 1.93. The third kappa shape index (κ3) is 1.56. The number of aromatic nitrogens is 3. The number of halogens is 1. The van der Waals surface area contributed by atoms with Crippen LogP contribution in [0.3, 0.4) is 0 Å². The Morgan fingerprint density at radius 2 is 2.29 bits per heavy atom. The molecule has 2 aromatic rings. The van der Waals surface area contributed by atoms with Crippen LogP contribution >= 0.6 is 11.6 Å². The molecule has 1 aliphatic carbocycles. The maximum atomic E-state index is 11.5. The van der Waals surface area contributed by atoms with E-state index < -0.39 is 0 Å². The zero-order chi connectivity index (χ0) is 12.0. The molecule has 0 aliphatic heterocycles. The smallest absolute Gasteiger partial charge is 0.160 e. The van der Waals surface area contributed by atoms with E-state index in [4.69, 9.17) is 11.6 Å². The standard InChI is InChI=1S/C12H10ClN3O/c1-7-4-8(5-10(7)17)16-3-2-9-11(13)14-6-15-12(9)16/h2-4,6,8H,5H2,1H3/t8-/m0/s1. The van der Waals surface area contributed by atoms with E-state index in [0.717, 1.165) is 16.6 Å². The molecule has 17 heavy (non-hydrogen) atoms. The second-order valence-electron chi connectivity index (χ2n) is 4.17. The first kappa shape index (κ1) is 10.5. The first-order chi connectivity index (χ1) is 8.16. The number of hydrogen-bond donors (Lipinski definition) is 0. The van der Waals surface area contributed by atoms with Crippen LogP contribution in [0.2, 0.25) is 5.15 Å². The second-order valence-corrected chi connectivity index (χ2v) is 4.53. The summed E-state index contributed by atoms with van der Waals surface area (Å²) in [5.74, 6) is 0.192. The van der Waals surface area contributed by atoms with Crippen molar-refractivity contribution in [1.82, 2.24) is 14.5 Å². The lowest BCUT2D eigenvalue weighted by atomic mass is 10.2. The number of allylic oxidation sites excluding steroid dienone is 2. The molecular formula is C12H10ClN3O. The molecule has 0 bridgehead atoms. The lowest BCUT2D eigenvalue weighted by Crippen LogP contribution is -2.05. The second kappa shape index (κ2) is 3.67. The van der Waals surface area contributed by atoms with E-state index in [1.165, 1.54) is 6.33 Å². The van der Waals surface area contributed by atoms with E-state index in [1.54, 1.807) is 0 Å². The molecule has 3 rings (SSSR count). The highest BCUT2D eigenvalue weighted by Gasteiger charge is 2.23. The normalized spacial score (nSPS) is 20.0. The molecule has 2 aromatic heterocycles. The van der Waals surface area contributed by atoms with Crippen LogP contribution in [-0.4, -0.2) is 20.3 Å². The van der Waals surface area contributed by atoms with Crippen molar-refractivity contribution < 1.29 is 4.79 Å². The molecule has 1 atom stereocenters. The summed E-state index contributed by atoms with van der Waals surface area (Å²) in [5, 5.41) is 1.26. The first-order valence-corrected chi connectivity index (χ1v) is 5.73. The van der Waals surface area contributed by atoms with Gasteiger partial charge in [-0.05, 0) is 18.6 Å². The van der Waals surface area contributed by atoms with Crippen molar-refractivity contribution >= 4 is 28.4 Å². The van der Waals surface area contributed by atoms with E-state index in [2.05, 4.69) is 9.97 Å². The lowest BCUT2D eigenvalue weighted by molar-refractivity contribution is -0.115. The van der Waals surface area contributed by atoms with Crippen LogP contribution in [0.15, 0.2) is 30.2 Å². The summed E-state index contributed by atoms with van der Waals surface area (Å²) in [6.07, 6.45) is 5.81. The summed E-state index contributed by atoms with van der Waals surface area (Å²) in [4.78, 5) is 19.7. The topological polar surface area (TPSA) is 47.8 Å². The zero-order valence-corrected chi connectivity index (χ0v) is 9.98. The summed E-state index contributed by atoms with van der Waals surface area (Å²) in [7, 11) is 0. The summed E-state index contributed by atoms with van der Waals surface area (Å²) < 4.78 is 1.97. The molecule has 0 fully saturated rings. The number of ketones is 1. The van der Waals surface area contributed by atoms with Crippen molar-refractivity contribution in [2.45, 2.75) is 19.4 Å². The van der Waals surface area contributed by atoms with Gasteiger partial charge in [0.15, 0.2) is 5.78 Å². The number of nitrogens with zero attached hydrogens (tertiary/aromatic N) is 3. The van der Waals surface area contributed by atoms with Gasteiger partial charge in [0.2, 0.25) is 0 Å². The van der Waals surface area contributed by atoms with Gasteiger partial charge in [0.1, 0.15) is 17.1 Å². The molecule has 86 valence electrons. The Kier molecular flexibility index (Phi) is 2.26. The Hall–Kier alpha value is -1.68. The van der Waals surface area contributed by atoms with E-state index in [1.807, 2.05) is 29.8 Å². The molecule has 0 radical (unpaired) electrons. The third-order valence-electron chi connectivity index (χ3n) is 3.09. The largest absolute Gasteiger partial charge is 0.325 e. The molecule has 5 heteroatoms. The molecule has 4 nitrogen and oxygen atoms in total. The number of Topliss-reactive ketones (excluding diaryl/α,β-unsaturated/α-hetero) is 1. The lowest BCUT2D eigenvalue weighted by Gasteiger charge is -2.09. The fourth-order valence-electron chi connectivity index (χ4n) is 2.18. The van der Waals surface area contributed by atoms with Crippen molar-refractivity contribution in [3.05, 3.63) is 35.4 Å². The molecule has 0 unspecified atom stereocenters. The molecular weight excluding hydrogens is 238 g/mol. The van der Waals surface area contributed by atoms with Crippen LogP contribution in [0.1, 0.15) is 19.4 Å². The van der Waals surface area contributed by atoms with Crippen molar-refractivity contribution in [1.29, 1.82) is 0 Å². The minimum absolute atomic E-state index is 0.0472. The van der Waals surface area contributed by atoms with Crippen molar-refractivity contribution in [2.75, 3.05) is 0 Å². The zero-order valence-electron chi connectivity index (χ0n) is 9.22. The molecule has 0 aromatic carbocycles. The fraction of sp³-hybridized carbons (Fsp3) is 0.250. The Labute approximate surface area is 103 Å². The predicted octanol–water partition coefficient (Wildman–Crippen LogP) is 2.54. The molecule has 0 saturated heterocycles. The van der Waals surface area contributed by atoms with Crippen LogP contribution in [0, 0.1) is 0 Å². The molecule has 0 spiro atoms. The monoisotopic (exact) mass is 247 g/mol. The van der Waals surface area contributed by atoms with Crippen molar-refractivity contribution in [2.24, 2.45) is 0 Å². The van der Waals surface area contributed by atoms with Gasteiger partial charge in [-0.1, -0.05) is 17.7 Å². The summed E-state index contributed by atoms with van der Waals surface area (Å²) in [5.41, 5.74) is 1.59. The Bertz CT molecular complexity index is 644. The third-order valence-corrected chi connectivity index (χ3v) is 3.40. The maximum Gasteiger partial charge on any atom is 0.160 e. The Morgan fingerprint density at radius 3 is 3.00 bits per heavy atom. The van der Waals surface area contributed by atoms with Gasteiger partial charge >= 0.3 is 0 Å². The SMILES string of the molecule is CC1=C[C@H](n2ccc3c(Cl)ncnc32)CC1=O. The van der Waals surface area contributed by atoms with Gasteiger partial charge < -0.3 is 4.57 Å². The fourth-order valence-corrected chi connectivity index (χ4v) is 2.37. The van der Waals surface area contributed by atoms with Gasteiger partial charge in [-0.2, -0.15) is 0 Å². The van der Waals surface area contributed by atoms with E-state index in [-0.39, 0.29) is 11.8 Å². The van der Waals surface area contributed by atoms with Crippen LogP contribution in [0.25, 0.3) is 11.0 Å². The molecule has 1 aliphatic rings. The average molecular weight is 248 g/mol. The first-order valence-electron chi connectivity index (χ1n) is 5.35. The highest BCUT2D eigenvalue weighted by atomic mass is 35.5. The minimum Gasteiger partial charge on any atom is -0.325 e. The molecule has 0 N–H and O–H groups in total. The maximum absolute atomic E-state index is 11.5. The van der Waals surface area contributed by atoms with Crippen molar-refractivity contribution in [3.8, 4) is 0 Å². The van der Waals surface area contributed by atoms with E-state index in [0.29, 0.717) is 11.6 Å². The van der Waals surface area contributed by atoms with Gasteiger partial charge in [-0.3, -0.25) is 4.79 Å². The number of carbonyl (C=O) groups excluding carboxylic acids is 1. The number of rotatable bonds is 1. The van der Waals surface area contributed by atoms with E-state index >= 15 is 0 Å².